The maximum absolute atomic E-state index is 13.4. The molecule has 0 aliphatic carbocycles. The minimum Gasteiger partial charge on any atom is -0.338 e. The molecule has 0 radical (unpaired) electrons. The number of rotatable bonds is 5. The van der Waals surface area contributed by atoms with Gasteiger partial charge in [-0.3, -0.25) is 4.79 Å². The highest BCUT2D eigenvalue weighted by atomic mass is 35.5. The van der Waals surface area contributed by atoms with Crippen molar-refractivity contribution in [2.24, 2.45) is 0 Å². The van der Waals surface area contributed by atoms with Crippen molar-refractivity contribution in [2.75, 3.05) is 5.32 Å². The average Bonchev–Trinajstić information content (AvgIpc) is 3.08. The first kappa shape index (κ1) is 19.8. The van der Waals surface area contributed by atoms with Gasteiger partial charge in [-0.25, -0.2) is 21.9 Å². The summed E-state index contributed by atoms with van der Waals surface area (Å²) in [6, 6.07) is 2.59. The van der Waals surface area contributed by atoms with Crippen LogP contribution >= 0.6 is 11.6 Å². The number of anilines is 1. The van der Waals surface area contributed by atoms with E-state index in [1.54, 1.807) is 18.4 Å². The zero-order valence-electron chi connectivity index (χ0n) is 14.6. The first-order valence-corrected chi connectivity index (χ1v) is 10.2. The average molecular weight is 418 g/mol. The number of halogens is 3. The van der Waals surface area contributed by atoms with Gasteiger partial charge in [0.05, 0.1) is 5.02 Å². The number of benzene rings is 1. The van der Waals surface area contributed by atoms with Crippen LogP contribution in [0.3, 0.4) is 0 Å². The molecular formula is C17H18ClF2N3O3S. The molecule has 0 unspecified atom stereocenters. The summed E-state index contributed by atoms with van der Waals surface area (Å²) < 4.78 is 55.8. The van der Waals surface area contributed by atoms with Crippen molar-refractivity contribution in [1.82, 2.24) is 9.29 Å². The number of hydrogen-bond acceptors (Lipinski definition) is 3. The van der Waals surface area contributed by atoms with E-state index < -0.39 is 27.6 Å². The van der Waals surface area contributed by atoms with Gasteiger partial charge in [0.2, 0.25) is 10.0 Å². The minimum absolute atomic E-state index is 0.0157. The fraction of sp³-hybridized carbons (Fsp3) is 0.353. The van der Waals surface area contributed by atoms with Gasteiger partial charge in [-0.1, -0.05) is 11.6 Å². The van der Waals surface area contributed by atoms with E-state index in [4.69, 9.17) is 11.6 Å². The third kappa shape index (κ3) is 3.71. The van der Waals surface area contributed by atoms with Crippen LogP contribution in [-0.4, -0.2) is 24.9 Å². The molecule has 0 atom stereocenters. The van der Waals surface area contributed by atoms with Gasteiger partial charge >= 0.3 is 0 Å². The van der Waals surface area contributed by atoms with Gasteiger partial charge in [-0.15, -0.1) is 0 Å². The Hall–Kier alpha value is -1.97. The van der Waals surface area contributed by atoms with Gasteiger partial charge in [0.25, 0.3) is 5.91 Å². The SMILES string of the molecule is CC(C)NS(=O)(=O)c1c(Cl)c(C(=O)Nc2ccc(F)c(F)c2)n2c1CCC2. The minimum atomic E-state index is -3.91. The molecule has 2 N–H and O–H groups in total. The summed E-state index contributed by atoms with van der Waals surface area (Å²) in [7, 11) is -3.91. The Morgan fingerprint density at radius 2 is 1.96 bits per heavy atom. The van der Waals surface area contributed by atoms with E-state index in [-0.39, 0.29) is 27.3 Å². The van der Waals surface area contributed by atoms with E-state index >= 15 is 0 Å². The predicted octanol–water partition coefficient (Wildman–Crippen LogP) is 3.30. The van der Waals surface area contributed by atoms with Crippen LogP contribution in [0.2, 0.25) is 5.02 Å². The molecule has 1 amide bonds. The third-order valence-corrected chi connectivity index (χ3v) is 6.35. The fourth-order valence-electron chi connectivity index (χ4n) is 3.14. The molecule has 146 valence electrons. The van der Waals surface area contributed by atoms with Gasteiger partial charge < -0.3 is 9.88 Å². The van der Waals surface area contributed by atoms with Crippen LogP contribution in [-0.2, 0) is 23.0 Å². The molecule has 2 heterocycles. The maximum atomic E-state index is 13.4. The molecule has 0 saturated heterocycles. The molecule has 1 aromatic heterocycles. The second kappa shape index (κ2) is 7.21. The van der Waals surface area contributed by atoms with Gasteiger partial charge in [0.1, 0.15) is 10.6 Å². The lowest BCUT2D eigenvalue weighted by molar-refractivity contribution is 0.101. The monoisotopic (exact) mass is 417 g/mol. The van der Waals surface area contributed by atoms with E-state index in [1.165, 1.54) is 6.07 Å². The van der Waals surface area contributed by atoms with Crippen LogP contribution < -0.4 is 10.0 Å². The molecule has 0 saturated carbocycles. The van der Waals surface area contributed by atoms with E-state index in [0.717, 1.165) is 12.1 Å². The van der Waals surface area contributed by atoms with Crippen LogP contribution in [0.4, 0.5) is 14.5 Å². The topological polar surface area (TPSA) is 80.2 Å². The second-order valence-electron chi connectivity index (χ2n) is 6.55. The molecule has 6 nitrogen and oxygen atoms in total. The molecular weight excluding hydrogens is 400 g/mol. The lowest BCUT2D eigenvalue weighted by Crippen LogP contribution is -2.30. The van der Waals surface area contributed by atoms with Crippen molar-refractivity contribution >= 4 is 33.2 Å². The molecule has 3 rings (SSSR count). The van der Waals surface area contributed by atoms with Crippen molar-refractivity contribution in [3.05, 3.63) is 46.2 Å². The second-order valence-corrected chi connectivity index (χ2v) is 8.58. The third-order valence-electron chi connectivity index (χ3n) is 4.11. The number of sulfonamides is 1. The Labute approximate surface area is 160 Å². The lowest BCUT2D eigenvalue weighted by atomic mass is 10.2. The van der Waals surface area contributed by atoms with Crippen molar-refractivity contribution in [1.29, 1.82) is 0 Å². The summed E-state index contributed by atoms with van der Waals surface area (Å²) >= 11 is 6.30. The Kier molecular flexibility index (Phi) is 5.29. The first-order chi connectivity index (χ1) is 12.6. The molecule has 27 heavy (non-hydrogen) atoms. The van der Waals surface area contributed by atoms with E-state index in [9.17, 15) is 22.0 Å². The Bertz CT molecular complexity index is 1020. The maximum Gasteiger partial charge on any atom is 0.273 e. The van der Waals surface area contributed by atoms with Gasteiger partial charge in [0, 0.05) is 30.0 Å². The normalized spacial score (nSPS) is 13.9. The molecule has 0 bridgehead atoms. The number of carbonyl (C=O) groups excluding carboxylic acids is 1. The van der Waals surface area contributed by atoms with Crippen LogP contribution in [0.15, 0.2) is 23.1 Å². The zero-order valence-corrected chi connectivity index (χ0v) is 16.2. The number of nitrogens with zero attached hydrogens (tertiary/aromatic N) is 1. The number of nitrogens with one attached hydrogen (secondary N) is 2. The van der Waals surface area contributed by atoms with Crippen LogP contribution in [0.25, 0.3) is 0 Å². The Morgan fingerprint density at radius 1 is 1.26 bits per heavy atom. The standard InChI is InChI=1S/C17H18ClF2N3O3S/c1-9(2)22-27(25,26)16-13-4-3-7-23(13)15(14(16)18)17(24)21-10-5-6-11(19)12(20)8-10/h5-6,8-9,22H,3-4,7H2,1-2H3,(H,21,24). The van der Waals surface area contributed by atoms with Gasteiger partial charge in [-0.05, 0) is 38.8 Å². The summed E-state index contributed by atoms with van der Waals surface area (Å²) in [6.45, 7) is 3.80. The molecule has 1 aliphatic heterocycles. The number of carbonyl (C=O) groups is 1. The highest BCUT2D eigenvalue weighted by Gasteiger charge is 2.35. The highest BCUT2D eigenvalue weighted by molar-refractivity contribution is 7.89. The summed E-state index contributed by atoms with van der Waals surface area (Å²) in [4.78, 5) is 12.6. The Morgan fingerprint density at radius 3 is 2.59 bits per heavy atom. The largest absolute Gasteiger partial charge is 0.338 e. The zero-order chi connectivity index (χ0) is 19.9. The number of amides is 1. The summed E-state index contributed by atoms with van der Waals surface area (Å²) in [5.41, 5.74) is 0.481. The van der Waals surface area contributed by atoms with Gasteiger partial charge in [-0.2, -0.15) is 0 Å². The van der Waals surface area contributed by atoms with E-state index in [0.29, 0.717) is 25.1 Å². The summed E-state index contributed by atoms with van der Waals surface area (Å²) in [6.07, 6.45) is 1.13. The van der Waals surface area contributed by atoms with Gasteiger partial charge in [0.15, 0.2) is 11.6 Å². The van der Waals surface area contributed by atoms with Crippen LogP contribution in [0.5, 0.6) is 0 Å². The lowest BCUT2D eigenvalue weighted by Gasteiger charge is -2.10. The van der Waals surface area contributed by atoms with Crippen LogP contribution in [0.1, 0.15) is 36.5 Å². The Balaban J connectivity index is 2.02. The molecule has 0 fully saturated rings. The fourth-order valence-corrected chi connectivity index (χ4v) is 5.33. The summed E-state index contributed by atoms with van der Waals surface area (Å²) in [5.74, 6) is -2.84. The molecule has 10 heteroatoms. The molecule has 0 spiro atoms. The predicted molar refractivity (Wildman–Crippen MR) is 97.5 cm³/mol. The van der Waals surface area contributed by atoms with E-state index in [2.05, 4.69) is 10.0 Å². The number of aromatic nitrogens is 1. The molecule has 2 aromatic rings. The molecule has 1 aliphatic rings. The number of hydrogen-bond donors (Lipinski definition) is 2. The number of fused-ring (bicyclic) bond motifs is 1. The highest BCUT2D eigenvalue weighted by Crippen LogP contribution is 2.36. The first-order valence-electron chi connectivity index (χ1n) is 8.31. The van der Waals surface area contributed by atoms with Crippen molar-refractivity contribution in [3.8, 4) is 0 Å². The van der Waals surface area contributed by atoms with Crippen molar-refractivity contribution in [2.45, 2.75) is 44.2 Å². The van der Waals surface area contributed by atoms with Crippen molar-refractivity contribution < 1.29 is 22.0 Å². The smallest absolute Gasteiger partial charge is 0.273 e. The quantitative estimate of drug-likeness (QED) is 0.783. The van der Waals surface area contributed by atoms with Crippen LogP contribution in [0, 0.1) is 11.6 Å². The van der Waals surface area contributed by atoms with Crippen molar-refractivity contribution in [3.63, 3.8) is 0 Å². The summed E-state index contributed by atoms with van der Waals surface area (Å²) in [5, 5.41) is 2.25. The van der Waals surface area contributed by atoms with E-state index in [1.807, 2.05) is 0 Å². The molecule has 1 aromatic carbocycles.